The first-order chi connectivity index (χ1) is 18.0. The third-order valence-corrected chi connectivity index (χ3v) is 7.74. The zero-order chi connectivity index (χ0) is 25.9. The minimum Gasteiger partial charge on any atom is -0.489 e. The first-order valence-corrected chi connectivity index (χ1v) is 13.3. The van der Waals surface area contributed by atoms with Gasteiger partial charge in [0.05, 0.1) is 0 Å². The van der Waals surface area contributed by atoms with Gasteiger partial charge in [0.2, 0.25) is 0 Å². The fraction of sp³-hybridized carbons (Fsp3) is 0.303. The quantitative estimate of drug-likeness (QED) is 0.306. The highest BCUT2D eigenvalue weighted by molar-refractivity contribution is 5.95. The molecule has 0 bridgehead atoms. The van der Waals surface area contributed by atoms with Gasteiger partial charge in [-0.05, 0) is 66.8 Å². The molecule has 4 aromatic carbocycles. The second-order valence-electron chi connectivity index (χ2n) is 10.2. The van der Waals surface area contributed by atoms with Crippen LogP contribution in [-0.2, 0) is 0 Å². The van der Waals surface area contributed by atoms with Crippen molar-refractivity contribution in [2.75, 3.05) is 20.1 Å². The summed E-state index contributed by atoms with van der Waals surface area (Å²) in [5, 5.41) is 6.28. The number of hydrogen-bond acceptors (Lipinski definition) is 3. The predicted molar refractivity (Wildman–Crippen MR) is 151 cm³/mol. The molecule has 0 spiro atoms. The van der Waals surface area contributed by atoms with E-state index in [0.717, 1.165) is 29.8 Å². The summed E-state index contributed by atoms with van der Waals surface area (Å²) in [7, 11) is 1.86. The van der Waals surface area contributed by atoms with Crippen LogP contribution in [-0.4, -0.2) is 37.0 Å². The maximum absolute atomic E-state index is 13.0. The van der Waals surface area contributed by atoms with Crippen LogP contribution in [0.2, 0.25) is 0 Å². The highest BCUT2D eigenvalue weighted by Crippen LogP contribution is 2.41. The molecule has 0 aromatic heterocycles. The van der Waals surface area contributed by atoms with Gasteiger partial charge in [0.1, 0.15) is 11.9 Å². The molecule has 0 aliphatic carbocycles. The van der Waals surface area contributed by atoms with Gasteiger partial charge in [-0.2, -0.15) is 0 Å². The Bertz CT molecular complexity index is 1410. The van der Waals surface area contributed by atoms with Gasteiger partial charge in [0, 0.05) is 43.2 Å². The molecule has 3 atom stereocenters. The maximum Gasteiger partial charge on any atom is 0.253 e. The number of para-hydroxylation sites is 1. The number of fused-ring (bicyclic) bond motifs is 2. The smallest absolute Gasteiger partial charge is 0.253 e. The van der Waals surface area contributed by atoms with E-state index < -0.39 is 0 Å². The Morgan fingerprint density at radius 3 is 2.62 bits per heavy atom. The number of nitrogens with zero attached hydrogens (tertiary/aromatic N) is 1. The molecule has 0 radical (unpaired) electrons. The number of carbonyl (C=O) groups excluding carboxylic acids is 1. The highest BCUT2D eigenvalue weighted by atomic mass is 16.5. The normalized spacial score (nSPS) is 17.6. The van der Waals surface area contributed by atoms with Crippen molar-refractivity contribution in [1.29, 1.82) is 0 Å². The maximum atomic E-state index is 13.0. The summed E-state index contributed by atoms with van der Waals surface area (Å²) in [5.41, 5.74) is 5.45. The largest absolute Gasteiger partial charge is 0.489 e. The Morgan fingerprint density at radius 1 is 1.03 bits per heavy atom. The van der Waals surface area contributed by atoms with E-state index in [2.05, 4.69) is 91.1 Å². The SMILES string of the molecule is CCN(C)C(=O)c1cc(C2CC(CN[C@H](C)c3cccc4ccccc34)Oc3ccccc32)ccc1C. The van der Waals surface area contributed by atoms with Crippen molar-refractivity contribution in [3.63, 3.8) is 0 Å². The molecule has 0 fully saturated rings. The van der Waals surface area contributed by atoms with Gasteiger partial charge in [0.25, 0.3) is 5.91 Å². The fourth-order valence-electron chi connectivity index (χ4n) is 5.42. The lowest BCUT2D eigenvalue weighted by molar-refractivity contribution is 0.0801. The molecule has 4 aromatic rings. The first kappa shape index (κ1) is 25.0. The number of amides is 1. The Kier molecular flexibility index (Phi) is 7.29. The van der Waals surface area contributed by atoms with E-state index in [1.807, 2.05) is 27.0 Å². The molecular weight excluding hydrogens is 456 g/mol. The number of rotatable bonds is 7. The van der Waals surface area contributed by atoms with Crippen molar-refractivity contribution < 1.29 is 9.53 Å². The van der Waals surface area contributed by atoms with Gasteiger partial charge in [0.15, 0.2) is 0 Å². The Labute approximate surface area is 220 Å². The van der Waals surface area contributed by atoms with E-state index in [0.29, 0.717) is 6.54 Å². The molecule has 1 N–H and O–H groups in total. The minimum atomic E-state index is 0.0242. The van der Waals surface area contributed by atoms with Crippen molar-refractivity contribution in [3.8, 4) is 5.75 Å². The molecule has 4 nitrogen and oxygen atoms in total. The third-order valence-electron chi connectivity index (χ3n) is 7.74. The summed E-state index contributed by atoms with van der Waals surface area (Å²) in [6, 6.07) is 29.9. The fourth-order valence-corrected chi connectivity index (χ4v) is 5.42. The minimum absolute atomic E-state index is 0.0242. The summed E-state index contributed by atoms with van der Waals surface area (Å²) in [5.74, 6) is 1.18. The van der Waals surface area contributed by atoms with Gasteiger partial charge < -0.3 is 15.0 Å². The molecule has 5 rings (SSSR count). The number of aryl methyl sites for hydroxylation is 1. The van der Waals surface area contributed by atoms with Crippen LogP contribution in [0.4, 0.5) is 0 Å². The van der Waals surface area contributed by atoms with Gasteiger partial charge in [-0.15, -0.1) is 0 Å². The van der Waals surface area contributed by atoms with Crippen LogP contribution in [0.25, 0.3) is 10.8 Å². The lowest BCUT2D eigenvalue weighted by Crippen LogP contribution is -2.37. The van der Waals surface area contributed by atoms with E-state index in [-0.39, 0.29) is 24.0 Å². The van der Waals surface area contributed by atoms with Crippen LogP contribution < -0.4 is 10.1 Å². The lowest BCUT2D eigenvalue weighted by atomic mass is 9.83. The molecule has 0 saturated carbocycles. The summed E-state index contributed by atoms with van der Waals surface area (Å²) < 4.78 is 6.48. The van der Waals surface area contributed by atoms with E-state index >= 15 is 0 Å². The number of hydrogen-bond donors (Lipinski definition) is 1. The van der Waals surface area contributed by atoms with E-state index in [1.165, 1.54) is 27.5 Å². The van der Waals surface area contributed by atoms with Crippen molar-refractivity contribution in [3.05, 3.63) is 113 Å². The average molecular weight is 493 g/mol. The predicted octanol–water partition coefficient (Wildman–Crippen LogP) is 6.87. The van der Waals surface area contributed by atoms with E-state index in [9.17, 15) is 4.79 Å². The second kappa shape index (κ2) is 10.8. The van der Waals surface area contributed by atoms with Gasteiger partial charge >= 0.3 is 0 Å². The Balaban J connectivity index is 1.39. The second-order valence-corrected chi connectivity index (χ2v) is 10.2. The molecule has 1 amide bonds. The van der Waals surface area contributed by atoms with Crippen LogP contribution in [0, 0.1) is 6.92 Å². The number of nitrogens with one attached hydrogen (secondary N) is 1. The molecule has 190 valence electrons. The molecule has 1 heterocycles. The summed E-state index contributed by atoms with van der Waals surface area (Å²) in [4.78, 5) is 14.8. The van der Waals surface area contributed by atoms with Crippen LogP contribution in [0.3, 0.4) is 0 Å². The monoisotopic (exact) mass is 492 g/mol. The molecule has 2 unspecified atom stereocenters. The van der Waals surface area contributed by atoms with Crippen LogP contribution in [0.1, 0.15) is 64.8 Å². The standard InChI is InChI=1S/C33H36N2O2/c1-5-35(4)33(36)30-19-25(18-17-22(30)2)31-20-26(37-32-16-9-8-14-29(31)32)21-34-23(3)27-15-10-12-24-11-6-7-13-28(24)27/h6-19,23,26,31,34H,5,20-21H2,1-4H3/t23-,26?,31?/m1/s1. The zero-order valence-corrected chi connectivity index (χ0v) is 22.2. The zero-order valence-electron chi connectivity index (χ0n) is 22.2. The number of ether oxygens (including phenoxy) is 1. The number of benzene rings is 4. The number of carbonyl (C=O) groups is 1. The molecule has 37 heavy (non-hydrogen) atoms. The van der Waals surface area contributed by atoms with E-state index in [4.69, 9.17) is 4.74 Å². The van der Waals surface area contributed by atoms with Crippen LogP contribution in [0.5, 0.6) is 5.75 Å². The molecule has 4 heteroatoms. The Hall–Kier alpha value is -3.63. The summed E-state index contributed by atoms with van der Waals surface area (Å²) in [6.07, 6.45) is 0.878. The molecule has 0 saturated heterocycles. The van der Waals surface area contributed by atoms with Crippen molar-refractivity contribution in [2.45, 2.75) is 45.3 Å². The van der Waals surface area contributed by atoms with E-state index in [1.54, 1.807) is 4.90 Å². The van der Waals surface area contributed by atoms with Crippen molar-refractivity contribution in [1.82, 2.24) is 10.2 Å². The topological polar surface area (TPSA) is 41.6 Å². The van der Waals surface area contributed by atoms with Crippen molar-refractivity contribution in [2.24, 2.45) is 0 Å². The summed E-state index contributed by atoms with van der Waals surface area (Å²) >= 11 is 0. The van der Waals surface area contributed by atoms with Crippen LogP contribution >= 0.6 is 0 Å². The van der Waals surface area contributed by atoms with Crippen LogP contribution in [0.15, 0.2) is 84.9 Å². The average Bonchev–Trinajstić information content (AvgIpc) is 2.94. The third kappa shape index (κ3) is 5.12. The first-order valence-electron chi connectivity index (χ1n) is 13.3. The molecule has 1 aliphatic rings. The molecule has 1 aliphatic heterocycles. The summed E-state index contributed by atoms with van der Waals surface area (Å²) in [6.45, 7) is 7.66. The van der Waals surface area contributed by atoms with Gasteiger partial charge in [-0.25, -0.2) is 0 Å². The highest BCUT2D eigenvalue weighted by Gasteiger charge is 2.30. The lowest BCUT2D eigenvalue weighted by Gasteiger charge is -2.34. The Morgan fingerprint density at radius 2 is 1.78 bits per heavy atom. The van der Waals surface area contributed by atoms with Crippen molar-refractivity contribution >= 4 is 16.7 Å². The van der Waals surface area contributed by atoms with Gasteiger partial charge in [-0.1, -0.05) is 72.8 Å². The van der Waals surface area contributed by atoms with Gasteiger partial charge in [-0.3, -0.25) is 4.79 Å². The molecular formula is C33H36N2O2.